The number of carbonyl (C=O) groups excluding carboxylic acids is 1. The van der Waals surface area contributed by atoms with Crippen LogP contribution in [-0.4, -0.2) is 35.4 Å². The third-order valence-electron chi connectivity index (χ3n) is 3.56. The summed E-state index contributed by atoms with van der Waals surface area (Å²) in [6, 6.07) is 7.86. The van der Waals surface area contributed by atoms with E-state index in [9.17, 15) is 4.79 Å². The maximum absolute atomic E-state index is 11.7. The third-order valence-corrected chi connectivity index (χ3v) is 5.52. The topological polar surface area (TPSA) is 61.3 Å². The lowest BCUT2D eigenvalue weighted by atomic mass is 10.1. The summed E-state index contributed by atoms with van der Waals surface area (Å²) in [7, 11) is 3.04. The smallest absolute Gasteiger partial charge is 0.318 e. The van der Waals surface area contributed by atoms with Crippen LogP contribution in [0.15, 0.2) is 41.0 Å². The van der Waals surface area contributed by atoms with Gasteiger partial charge in [-0.2, -0.15) is 0 Å². The first-order chi connectivity index (χ1) is 11.6. The molecule has 0 radical (unpaired) electrons. The fourth-order valence-electron chi connectivity index (χ4n) is 2.30. The molecule has 0 aliphatic carbocycles. The second kappa shape index (κ2) is 7.19. The van der Waals surface area contributed by atoms with Crippen molar-refractivity contribution in [3.8, 4) is 16.9 Å². The average molecular weight is 360 g/mol. The predicted molar refractivity (Wildman–Crippen MR) is 96.7 cm³/mol. The van der Waals surface area contributed by atoms with Gasteiger partial charge in [-0.05, 0) is 24.6 Å². The minimum absolute atomic E-state index is 0.270. The highest BCUT2D eigenvalue weighted by Gasteiger charge is 2.20. The predicted octanol–water partition coefficient (Wildman–Crippen LogP) is 4.02. The van der Waals surface area contributed by atoms with Crippen LogP contribution in [0.2, 0.25) is 0 Å². The number of benzene rings is 1. The number of thiophene rings is 1. The Balaban J connectivity index is 2.04. The highest BCUT2D eigenvalue weighted by molar-refractivity contribution is 8.00. The average Bonchev–Trinajstić information content (AvgIpc) is 3.06. The number of nitrogens with zero attached hydrogens (tertiary/aromatic N) is 2. The van der Waals surface area contributed by atoms with Gasteiger partial charge in [0.2, 0.25) is 0 Å². The molecule has 24 heavy (non-hydrogen) atoms. The van der Waals surface area contributed by atoms with Crippen LogP contribution in [0.25, 0.3) is 21.3 Å². The molecule has 2 aromatic heterocycles. The minimum Gasteiger partial charge on any atom is -0.497 e. The number of hydrogen-bond donors (Lipinski definition) is 0. The molecular weight excluding hydrogens is 344 g/mol. The van der Waals surface area contributed by atoms with Gasteiger partial charge in [-0.1, -0.05) is 23.9 Å². The first-order valence-corrected chi connectivity index (χ1v) is 9.01. The lowest BCUT2D eigenvalue weighted by molar-refractivity contribution is -0.139. The second-order valence-electron chi connectivity index (χ2n) is 5.02. The van der Waals surface area contributed by atoms with Crippen LogP contribution in [-0.2, 0) is 9.53 Å². The molecule has 1 atom stereocenters. The molecule has 124 valence electrons. The van der Waals surface area contributed by atoms with E-state index in [0.29, 0.717) is 0 Å². The molecule has 0 aliphatic rings. The zero-order valence-electron chi connectivity index (χ0n) is 13.5. The van der Waals surface area contributed by atoms with Gasteiger partial charge in [0.15, 0.2) is 0 Å². The summed E-state index contributed by atoms with van der Waals surface area (Å²) in [5.74, 6) is 0.538. The zero-order valence-corrected chi connectivity index (χ0v) is 15.1. The zero-order chi connectivity index (χ0) is 17.1. The Morgan fingerprint density at radius 3 is 2.62 bits per heavy atom. The summed E-state index contributed by atoms with van der Waals surface area (Å²) in [6.07, 6.45) is 1.53. The van der Waals surface area contributed by atoms with Gasteiger partial charge in [-0.25, -0.2) is 9.97 Å². The maximum Gasteiger partial charge on any atom is 0.318 e. The van der Waals surface area contributed by atoms with Gasteiger partial charge in [-0.15, -0.1) is 11.3 Å². The summed E-state index contributed by atoms with van der Waals surface area (Å²) >= 11 is 2.95. The Morgan fingerprint density at radius 1 is 1.21 bits per heavy atom. The van der Waals surface area contributed by atoms with Gasteiger partial charge in [0.05, 0.1) is 19.6 Å². The number of carbonyl (C=O) groups is 1. The number of rotatable bonds is 5. The number of ether oxygens (including phenoxy) is 2. The van der Waals surface area contributed by atoms with Crippen molar-refractivity contribution < 1.29 is 14.3 Å². The second-order valence-corrected chi connectivity index (χ2v) is 7.21. The molecule has 7 heteroatoms. The van der Waals surface area contributed by atoms with E-state index in [1.807, 2.05) is 31.2 Å². The van der Waals surface area contributed by atoms with Crippen molar-refractivity contribution in [1.82, 2.24) is 9.97 Å². The van der Waals surface area contributed by atoms with E-state index in [1.54, 1.807) is 18.4 Å². The number of aromatic nitrogens is 2. The standard InChI is InChI=1S/C17H16N2O3S2/c1-10(17(20)22-3)24-16-14-13(8-23-15(14)18-9-19-16)11-4-6-12(21-2)7-5-11/h4-10H,1-3H3/t10-/m1/s1. The number of fused-ring (bicyclic) bond motifs is 1. The fraction of sp³-hybridized carbons (Fsp3) is 0.235. The van der Waals surface area contributed by atoms with Gasteiger partial charge >= 0.3 is 5.97 Å². The largest absolute Gasteiger partial charge is 0.497 e. The third kappa shape index (κ3) is 3.22. The summed E-state index contributed by atoms with van der Waals surface area (Å²) in [6.45, 7) is 1.81. The molecule has 0 saturated heterocycles. The van der Waals surface area contributed by atoms with Crippen LogP contribution in [0.1, 0.15) is 6.92 Å². The summed E-state index contributed by atoms with van der Waals surface area (Å²) < 4.78 is 10.0. The summed E-state index contributed by atoms with van der Waals surface area (Å²) in [5, 5.41) is 3.48. The molecule has 0 saturated carbocycles. The van der Waals surface area contributed by atoms with E-state index in [1.165, 1.54) is 25.2 Å². The first-order valence-electron chi connectivity index (χ1n) is 7.25. The van der Waals surface area contributed by atoms with Gasteiger partial charge < -0.3 is 9.47 Å². The highest BCUT2D eigenvalue weighted by Crippen LogP contribution is 2.39. The van der Waals surface area contributed by atoms with Crippen molar-refractivity contribution in [3.63, 3.8) is 0 Å². The quantitative estimate of drug-likeness (QED) is 0.389. The van der Waals surface area contributed by atoms with Crippen LogP contribution in [0.4, 0.5) is 0 Å². The molecule has 0 amide bonds. The Kier molecular flexibility index (Phi) is 5.01. The minimum atomic E-state index is -0.336. The normalized spacial score (nSPS) is 12.1. The van der Waals surface area contributed by atoms with Crippen molar-refractivity contribution in [2.75, 3.05) is 14.2 Å². The Hall–Kier alpha value is -2.12. The van der Waals surface area contributed by atoms with Crippen LogP contribution < -0.4 is 4.74 Å². The molecule has 0 N–H and O–H groups in total. The fourth-order valence-corrected chi connectivity index (χ4v) is 4.24. The molecule has 0 fully saturated rings. The van der Waals surface area contributed by atoms with E-state index in [2.05, 4.69) is 15.3 Å². The molecular formula is C17H16N2O3S2. The molecule has 0 unspecified atom stereocenters. The van der Waals surface area contributed by atoms with Gasteiger partial charge in [0, 0.05) is 10.9 Å². The van der Waals surface area contributed by atoms with Gasteiger partial charge in [0.1, 0.15) is 27.2 Å². The van der Waals surface area contributed by atoms with E-state index >= 15 is 0 Å². The molecule has 3 rings (SSSR count). The lowest BCUT2D eigenvalue weighted by Crippen LogP contribution is -2.14. The van der Waals surface area contributed by atoms with Crippen molar-refractivity contribution in [3.05, 3.63) is 36.0 Å². The molecule has 0 spiro atoms. The molecule has 3 aromatic rings. The lowest BCUT2D eigenvalue weighted by Gasteiger charge is -2.10. The Morgan fingerprint density at radius 2 is 1.96 bits per heavy atom. The Labute approximate surface area is 148 Å². The van der Waals surface area contributed by atoms with E-state index in [0.717, 1.165) is 32.1 Å². The highest BCUT2D eigenvalue weighted by atomic mass is 32.2. The number of esters is 1. The van der Waals surface area contributed by atoms with Crippen molar-refractivity contribution in [2.45, 2.75) is 17.2 Å². The first kappa shape index (κ1) is 16.7. The SMILES string of the molecule is COC(=O)[C@@H](C)Sc1ncnc2scc(-c3ccc(OC)cc3)c12. The number of hydrogen-bond acceptors (Lipinski definition) is 7. The van der Waals surface area contributed by atoms with E-state index in [4.69, 9.17) is 9.47 Å². The van der Waals surface area contributed by atoms with Crippen molar-refractivity contribution in [2.24, 2.45) is 0 Å². The van der Waals surface area contributed by atoms with Crippen molar-refractivity contribution >= 4 is 39.3 Å². The number of methoxy groups -OCH3 is 2. The van der Waals surface area contributed by atoms with Gasteiger partial charge in [-0.3, -0.25) is 4.79 Å². The molecule has 2 heterocycles. The summed E-state index contributed by atoms with van der Waals surface area (Å²) in [5.41, 5.74) is 2.11. The molecule has 0 aliphatic heterocycles. The summed E-state index contributed by atoms with van der Waals surface area (Å²) in [4.78, 5) is 21.3. The molecule has 1 aromatic carbocycles. The van der Waals surface area contributed by atoms with Crippen LogP contribution in [0.5, 0.6) is 5.75 Å². The maximum atomic E-state index is 11.7. The van der Waals surface area contributed by atoms with E-state index in [-0.39, 0.29) is 11.2 Å². The van der Waals surface area contributed by atoms with Crippen LogP contribution >= 0.6 is 23.1 Å². The van der Waals surface area contributed by atoms with Crippen molar-refractivity contribution in [1.29, 1.82) is 0 Å². The molecule has 0 bridgehead atoms. The monoisotopic (exact) mass is 360 g/mol. The van der Waals surface area contributed by atoms with Gasteiger partial charge in [0.25, 0.3) is 0 Å². The molecule has 5 nitrogen and oxygen atoms in total. The van der Waals surface area contributed by atoms with Crippen LogP contribution in [0, 0.1) is 0 Å². The van der Waals surface area contributed by atoms with E-state index < -0.39 is 0 Å². The number of thioether (sulfide) groups is 1. The Bertz CT molecular complexity index is 862. The van der Waals surface area contributed by atoms with Crippen LogP contribution in [0.3, 0.4) is 0 Å².